The summed E-state index contributed by atoms with van der Waals surface area (Å²) in [5.41, 5.74) is 3.84. The van der Waals surface area contributed by atoms with E-state index in [0.29, 0.717) is 25.4 Å². The van der Waals surface area contributed by atoms with E-state index in [1.165, 1.54) is 19.2 Å². The number of aliphatic hydroxyl groups is 1. The number of sulfonamides is 1. The molecule has 10 heteroatoms. The summed E-state index contributed by atoms with van der Waals surface area (Å²) in [6.07, 6.45) is -0.402. The Labute approximate surface area is 271 Å². The van der Waals surface area contributed by atoms with Gasteiger partial charge in [0.25, 0.3) is 15.9 Å². The lowest BCUT2D eigenvalue weighted by molar-refractivity contribution is 0.0344. The molecule has 0 saturated carbocycles. The van der Waals surface area contributed by atoms with Crippen LogP contribution in [0.4, 0.5) is 5.69 Å². The molecule has 1 amide bonds. The van der Waals surface area contributed by atoms with Crippen molar-refractivity contribution < 1.29 is 27.8 Å². The number of carbonyl (C=O) groups excluding carboxylic acids is 1. The Balaban J connectivity index is 1.42. The summed E-state index contributed by atoms with van der Waals surface area (Å²) in [7, 11) is -0.503. The zero-order valence-electron chi connectivity index (χ0n) is 26.6. The predicted octanol–water partition coefficient (Wildman–Crippen LogP) is 5.52. The minimum Gasteiger partial charge on any atom is -0.497 e. The van der Waals surface area contributed by atoms with Gasteiger partial charge in [-0.3, -0.25) is 14.4 Å². The molecule has 9 nitrogen and oxygen atoms in total. The lowest BCUT2D eigenvalue weighted by Gasteiger charge is -2.38. The molecule has 46 heavy (non-hydrogen) atoms. The van der Waals surface area contributed by atoms with Gasteiger partial charge in [-0.15, -0.1) is 0 Å². The van der Waals surface area contributed by atoms with Crippen LogP contribution in [-0.4, -0.2) is 75.2 Å². The average molecular weight is 644 g/mol. The van der Waals surface area contributed by atoms with Crippen molar-refractivity contribution in [2.45, 2.75) is 37.4 Å². The number of fused-ring (bicyclic) bond motifs is 1. The summed E-state index contributed by atoms with van der Waals surface area (Å²) in [6, 6.07) is 29.1. The van der Waals surface area contributed by atoms with Crippen LogP contribution in [0.3, 0.4) is 0 Å². The number of nitrogens with zero attached hydrogens (tertiary/aromatic N) is 2. The highest BCUT2D eigenvalue weighted by atomic mass is 32.2. The van der Waals surface area contributed by atoms with Gasteiger partial charge in [-0.25, -0.2) is 8.42 Å². The Hall–Kier alpha value is -4.38. The largest absolute Gasteiger partial charge is 0.497 e. The number of hydrogen-bond donors (Lipinski definition) is 2. The van der Waals surface area contributed by atoms with E-state index in [0.717, 1.165) is 16.7 Å². The summed E-state index contributed by atoms with van der Waals surface area (Å²) in [4.78, 5) is 17.7. The number of ether oxygens (including phenoxy) is 2. The zero-order chi connectivity index (χ0) is 32.8. The van der Waals surface area contributed by atoms with Crippen LogP contribution in [0.5, 0.6) is 11.5 Å². The van der Waals surface area contributed by atoms with Crippen LogP contribution in [0.15, 0.2) is 102 Å². The van der Waals surface area contributed by atoms with E-state index in [-0.39, 0.29) is 40.3 Å². The third-order valence-corrected chi connectivity index (χ3v) is 9.69. The maximum Gasteiger partial charge on any atom is 0.262 e. The molecule has 0 aliphatic carbocycles. The standard InChI is InChI=1S/C36H41N3O6S/c1-25-21-39(26(2)24-40)36(41)32-11-8-12-33(37-46(42,43)31-19-17-30(44-4)18-20-31)35(32)45-34(25)23-38(3)22-27-13-15-29(16-14-27)28-9-6-5-7-10-28/h5-20,25-26,34,37,40H,21-24H2,1-4H3/t25-,26+,34-/m1/s1. The fraction of sp³-hybridized carbons (Fsp3) is 0.306. The second-order valence-corrected chi connectivity index (χ2v) is 13.5. The number of para-hydroxylation sites is 1. The summed E-state index contributed by atoms with van der Waals surface area (Å²) < 4.78 is 41.3. The molecule has 0 saturated heterocycles. The molecule has 4 aromatic carbocycles. The second kappa shape index (κ2) is 14.4. The van der Waals surface area contributed by atoms with Crippen LogP contribution in [0.1, 0.15) is 29.8 Å². The van der Waals surface area contributed by atoms with Crippen LogP contribution in [-0.2, 0) is 16.6 Å². The number of likely N-dealkylation sites (N-methyl/N-ethyl adjacent to an activating group) is 1. The third-order valence-electron chi connectivity index (χ3n) is 8.31. The van der Waals surface area contributed by atoms with E-state index in [1.807, 2.05) is 32.2 Å². The van der Waals surface area contributed by atoms with Crippen molar-refractivity contribution in [3.63, 3.8) is 0 Å². The number of methoxy groups -OCH3 is 1. The molecule has 4 aromatic rings. The molecule has 3 atom stereocenters. The molecule has 5 rings (SSSR count). The Morgan fingerprint density at radius 1 is 0.978 bits per heavy atom. The fourth-order valence-electron chi connectivity index (χ4n) is 5.62. The average Bonchev–Trinajstić information content (AvgIpc) is 3.07. The number of amides is 1. The summed E-state index contributed by atoms with van der Waals surface area (Å²) in [5, 5.41) is 10.0. The first-order chi connectivity index (χ1) is 22.1. The zero-order valence-corrected chi connectivity index (χ0v) is 27.4. The maximum absolute atomic E-state index is 13.8. The topological polar surface area (TPSA) is 108 Å². The van der Waals surface area contributed by atoms with Crippen molar-refractivity contribution in [1.82, 2.24) is 9.80 Å². The van der Waals surface area contributed by atoms with Gasteiger partial charge in [0.05, 0.1) is 35.9 Å². The van der Waals surface area contributed by atoms with Crippen molar-refractivity contribution in [3.05, 3.63) is 108 Å². The normalized spacial score (nSPS) is 17.4. The van der Waals surface area contributed by atoms with E-state index in [4.69, 9.17) is 9.47 Å². The number of nitrogens with one attached hydrogen (secondary N) is 1. The van der Waals surface area contributed by atoms with Crippen molar-refractivity contribution in [3.8, 4) is 22.6 Å². The molecule has 242 valence electrons. The lowest BCUT2D eigenvalue weighted by Crippen LogP contribution is -2.49. The van der Waals surface area contributed by atoms with Gasteiger partial charge in [-0.2, -0.15) is 0 Å². The molecular formula is C36H41N3O6S. The molecule has 1 aliphatic heterocycles. The van der Waals surface area contributed by atoms with Crippen molar-refractivity contribution in [2.24, 2.45) is 5.92 Å². The van der Waals surface area contributed by atoms with Crippen LogP contribution in [0.2, 0.25) is 0 Å². The first-order valence-corrected chi connectivity index (χ1v) is 16.8. The van der Waals surface area contributed by atoms with Gasteiger partial charge in [0, 0.05) is 25.6 Å². The number of anilines is 1. The van der Waals surface area contributed by atoms with Gasteiger partial charge in [-0.05, 0) is 67.1 Å². The molecular weight excluding hydrogens is 602 g/mol. The number of aliphatic hydroxyl groups excluding tert-OH is 1. The second-order valence-electron chi connectivity index (χ2n) is 11.8. The lowest BCUT2D eigenvalue weighted by atomic mass is 9.98. The Morgan fingerprint density at radius 3 is 2.30 bits per heavy atom. The van der Waals surface area contributed by atoms with Gasteiger partial charge in [0.1, 0.15) is 11.9 Å². The number of rotatable bonds is 11. The molecule has 0 radical (unpaired) electrons. The molecule has 1 heterocycles. The van der Waals surface area contributed by atoms with Crippen LogP contribution < -0.4 is 14.2 Å². The van der Waals surface area contributed by atoms with Gasteiger partial charge in [0.15, 0.2) is 5.75 Å². The minimum atomic E-state index is -4.02. The predicted molar refractivity (Wildman–Crippen MR) is 180 cm³/mol. The molecule has 0 spiro atoms. The highest BCUT2D eigenvalue weighted by molar-refractivity contribution is 7.92. The molecule has 0 aromatic heterocycles. The summed E-state index contributed by atoms with van der Waals surface area (Å²) >= 11 is 0. The van der Waals surface area contributed by atoms with E-state index in [2.05, 4.69) is 46.0 Å². The van der Waals surface area contributed by atoms with E-state index >= 15 is 0 Å². The highest BCUT2D eigenvalue weighted by Crippen LogP contribution is 2.36. The smallest absolute Gasteiger partial charge is 0.262 e. The molecule has 0 fully saturated rings. The monoisotopic (exact) mass is 643 g/mol. The molecule has 1 aliphatic rings. The van der Waals surface area contributed by atoms with Crippen LogP contribution >= 0.6 is 0 Å². The van der Waals surface area contributed by atoms with Crippen molar-refractivity contribution in [1.29, 1.82) is 0 Å². The van der Waals surface area contributed by atoms with E-state index in [1.54, 1.807) is 42.2 Å². The van der Waals surface area contributed by atoms with Gasteiger partial charge in [0.2, 0.25) is 0 Å². The van der Waals surface area contributed by atoms with Gasteiger partial charge >= 0.3 is 0 Å². The van der Waals surface area contributed by atoms with Gasteiger partial charge < -0.3 is 19.5 Å². The van der Waals surface area contributed by atoms with Crippen LogP contribution in [0, 0.1) is 5.92 Å². The Morgan fingerprint density at radius 2 is 1.65 bits per heavy atom. The maximum atomic E-state index is 13.8. The van der Waals surface area contributed by atoms with E-state index < -0.39 is 22.2 Å². The summed E-state index contributed by atoms with van der Waals surface area (Å²) in [5.74, 6) is 0.222. The van der Waals surface area contributed by atoms with Gasteiger partial charge in [-0.1, -0.05) is 67.6 Å². The highest BCUT2D eigenvalue weighted by Gasteiger charge is 2.35. The first-order valence-electron chi connectivity index (χ1n) is 15.3. The first kappa shape index (κ1) is 33.0. The third kappa shape index (κ3) is 7.52. The Kier molecular flexibility index (Phi) is 10.3. The Bertz CT molecular complexity index is 1730. The van der Waals surface area contributed by atoms with Crippen LogP contribution in [0.25, 0.3) is 11.1 Å². The minimum absolute atomic E-state index is 0.0431. The summed E-state index contributed by atoms with van der Waals surface area (Å²) in [6.45, 7) is 5.13. The number of carbonyl (C=O) groups is 1. The number of hydrogen-bond acceptors (Lipinski definition) is 7. The quantitative estimate of drug-likeness (QED) is 0.222. The van der Waals surface area contributed by atoms with Crippen molar-refractivity contribution in [2.75, 3.05) is 38.6 Å². The molecule has 0 bridgehead atoms. The van der Waals surface area contributed by atoms with E-state index in [9.17, 15) is 18.3 Å². The molecule has 2 N–H and O–H groups in total. The SMILES string of the molecule is COc1ccc(S(=O)(=O)Nc2cccc3c2O[C@H](CN(C)Cc2ccc(-c4ccccc4)cc2)[C@H](C)CN([C@@H](C)CO)C3=O)cc1. The molecule has 0 unspecified atom stereocenters. The van der Waals surface area contributed by atoms with Crippen molar-refractivity contribution >= 4 is 21.6 Å². The fourth-order valence-corrected chi connectivity index (χ4v) is 6.68. The number of benzene rings is 4.